The average molecular weight is 372 g/mol. The first kappa shape index (κ1) is 17.8. The molecule has 0 unspecified atom stereocenters. The van der Waals surface area contributed by atoms with Crippen molar-refractivity contribution in [1.82, 2.24) is 15.0 Å². The summed E-state index contributed by atoms with van der Waals surface area (Å²) in [5.41, 5.74) is 9.59. The summed E-state index contributed by atoms with van der Waals surface area (Å²) in [6.07, 6.45) is 0. The zero-order valence-corrected chi connectivity index (χ0v) is 15.3. The van der Waals surface area contributed by atoms with E-state index in [1.54, 1.807) is 18.2 Å². The third-order valence-corrected chi connectivity index (χ3v) is 4.38. The summed E-state index contributed by atoms with van der Waals surface area (Å²) in [7, 11) is 1.51. The van der Waals surface area contributed by atoms with Crippen LogP contribution in [0.1, 0.15) is 21.6 Å². The summed E-state index contributed by atoms with van der Waals surface area (Å²) in [6, 6.07) is 10.7. The van der Waals surface area contributed by atoms with Crippen LogP contribution in [0.25, 0.3) is 5.69 Å². The van der Waals surface area contributed by atoms with Crippen molar-refractivity contribution in [3.63, 3.8) is 0 Å². The number of benzene rings is 2. The largest absolute Gasteiger partial charge is 0.495 e. The molecule has 1 amide bonds. The van der Waals surface area contributed by atoms with Crippen LogP contribution >= 0.6 is 11.6 Å². The second-order valence-electron chi connectivity index (χ2n) is 5.81. The number of nitrogens with one attached hydrogen (secondary N) is 1. The van der Waals surface area contributed by atoms with E-state index in [9.17, 15) is 4.79 Å². The van der Waals surface area contributed by atoms with E-state index in [1.807, 2.05) is 32.0 Å². The fourth-order valence-electron chi connectivity index (χ4n) is 2.43. The van der Waals surface area contributed by atoms with Gasteiger partial charge in [-0.1, -0.05) is 22.9 Å². The van der Waals surface area contributed by atoms with Gasteiger partial charge in [0.25, 0.3) is 5.91 Å². The highest BCUT2D eigenvalue weighted by Gasteiger charge is 2.19. The van der Waals surface area contributed by atoms with Crippen molar-refractivity contribution in [2.45, 2.75) is 13.8 Å². The van der Waals surface area contributed by atoms with Crippen LogP contribution in [0.15, 0.2) is 36.4 Å². The minimum Gasteiger partial charge on any atom is -0.495 e. The summed E-state index contributed by atoms with van der Waals surface area (Å²) in [6.45, 7) is 3.98. The van der Waals surface area contributed by atoms with Crippen molar-refractivity contribution in [2.24, 2.45) is 0 Å². The zero-order valence-electron chi connectivity index (χ0n) is 14.6. The number of rotatable bonds is 4. The van der Waals surface area contributed by atoms with Gasteiger partial charge in [0.15, 0.2) is 11.5 Å². The molecule has 0 atom stereocenters. The van der Waals surface area contributed by atoms with Crippen molar-refractivity contribution in [1.29, 1.82) is 0 Å². The molecule has 3 aromatic rings. The normalized spacial score (nSPS) is 10.6. The van der Waals surface area contributed by atoms with Crippen LogP contribution in [0.4, 0.5) is 11.5 Å². The van der Waals surface area contributed by atoms with Gasteiger partial charge in [0, 0.05) is 11.8 Å². The molecule has 0 aliphatic rings. The maximum Gasteiger partial charge on any atom is 0.280 e. The van der Waals surface area contributed by atoms with Crippen LogP contribution in [0.2, 0.25) is 5.02 Å². The van der Waals surface area contributed by atoms with E-state index >= 15 is 0 Å². The lowest BCUT2D eigenvalue weighted by Gasteiger charge is -2.08. The number of carbonyl (C=O) groups is 1. The van der Waals surface area contributed by atoms with E-state index in [0.717, 1.165) is 11.1 Å². The summed E-state index contributed by atoms with van der Waals surface area (Å²) >= 11 is 6.03. The summed E-state index contributed by atoms with van der Waals surface area (Å²) in [5, 5.41) is 11.1. The number of aryl methyl sites for hydroxylation is 2. The topological polar surface area (TPSA) is 95.1 Å². The maximum atomic E-state index is 12.5. The van der Waals surface area contributed by atoms with Crippen LogP contribution < -0.4 is 15.8 Å². The average Bonchev–Trinajstić information content (AvgIpc) is 3.00. The molecule has 1 aromatic heterocycles. The van der Waals surface area contributed by atoms with Crippen molar-refractivity contribution in [3.8, 4) is 11.4 Å². The van der Waals surface area contributed by atoms with E-state index in [0.29, 0.717) is 22.1 Å². The van der Waals surface area contributed by atoms with Crippen molar-refractivity contribution in [3.05, 3.63) is 58.2 Å². The molecular weight excluding hydrogens is 354 g/mol. The first-order valence-electron chi connectivity index (χ1n) is 7.84. The van der Waals surface area contributed by atoms with Gasteiger partial charge in [-0.25, -0.2) is 0 Å². The fraction of sp³-hybridized carbons (Fsp3) is 0.167. The monoisotopic (exact) mass is 371 g/mol. The van der Waals surface area contributed by atoms with Gasteiger partial charge in [0.2, 0.25) is 0 Å². The molecule has 8 heteroatoms. The third kappa shape index (κ3) is 3.34. The number of nitrogen functional groups attached to an aromatic ring is 1. The summed E-state index contributed by atoms with van der Waals surface area (Å²) in [4.78, 5) is 12.5. The van der Waals surface area contributed by atoms with Gasteiger partial charge < -0.3 is 15.8 Å². The lowest BCUT2D eigenvalue weighted by atomic mass is 10.1. The molecule has 0 spiro atoms. The predicted molar refractivity (Wildman–Crippen MR) is 101 cm³/mol. The SMILES string of the molecule is COc1cc(-n2nnc(C(=O)Nc3ccc(C)c(C)c3)c2N)ccc1Cl. The van der Waals surface area contributed by atoms with E-state index < -0.39 is 5.91 Å². The molecule has 3 rings (SSSR count). The fourth-order valence-corrected chi connectivity index (χ4v) is 2.63. The molecule has 1 heterocycles. The lowest BCUT2D eigenvalue weighted by Crippen LogP contribution is -2.15. The number of halogens is 1. The number of aromatic nitrogens is 3. The minimum absolute atomic E-state index is 0.0390. The standard InChI is InChI=1S/C18H18ClN5O2/c1-10-4-5-12(8-11(10)2)21-18(25)16-17(20)24(23-22-16)13-6-7-14(19)15(9-13)26-3/h4-9H,20H2,1-3H3,(H,21,25). The Hall–Kier alpha value is -3.06. The molecule has 0 bridgehead atoms. The Morgan fingerprint density at radius 1 is 1.19 bits per heavy atom. The Kier molecular flexibility index (Phi) is 4.81. The molecule has 7 nitrogen and oxygen atoms in total. The zero-order chi connectivity index (χ0) is 18.8. The molecule has 3 N–H and O–H groups in total. The summed E-state index contributed by atoms with van der Waals surface area (Å²) < 4.78 is 6.54. The van der Waals surface area contributed by atoms with E-state index in [2.05, 4.69) is 15.6 Å². The quantitative estimate of drug-likeness (QED) is 0.733. The van der Waals surface area contributed by atoms with Gasteiger partial charge >= 0.3 is 0 Å². The number of hydrogen-bond acceptors (Lipinski definition) is 5. The van der Waals surface area contributed by atoms with Gasteiger partial charge in [0.1, 0.15) is 5.75 Å². The van der Waals surface area contributed by atoms with Crippen LogP contribution in [-0.2, 0) is 0 Å². The molecule has 0 aliphatic heterocycles. The highest BCUT2D eigenvalue weighted by molar-refractivity contribution is 6.32. The number of amides is 1. The lowest BCUT2D eigenvalue weighted by molar-refractivity contribution is 0.102. The number of nitrogens with two attached hydrogens (primary N) is 1. The molecule has 0 radical (unpaired) electrons. The third-order valence-electron chi connectivity index (χ3n) is 4.06. The van der Waals surface area contributed by atoms with E-state index in [-0.39, 0.29) is 11.5 Å². The van der Waals surface area contributed by atoms with E-state index in [4.69, 9.17) is 22.1 Å². The van der Waals surface area contributed by atoms with Crippen molar-refractivity contribution >= 4 is 29.0 Å². The molecule has 134 valence electrons. The first-order chi connectivity index (χ1) is 12.4. The first-order valence-corrected chi connectivity index (χ1v) is 8.22. The minimum atomic E-state index is -0.432. The number of nitrogens with zero attached hydrogens (tertiary/aromatic N) is 3. The Balaban J connectivity index is 1.88. The molecule has 2 aromatic carbocycles. The molecule has 0 aliphatic carbocycles. The van der Waals surface area contributed by atoms with E-state index in [1.165, 1.54) is 11.8 Å². The smallest absolute Gasteiger partial charge is 0.280 e. The van der Waals surface area contributed by atoms with Gasteiger partial charge in [-0.15, -0.1) is 5.10 Å². The van der Waals surface area contributed by atoms with Gasteiger partial charge in [0.05, 0.1) is 17.8 Å². The highest BCUT2D eigenvalue weighted by atomic mass is 35.5. The number of hydrogen-bond donors (Lipinski definition) is 2. The van der Waals surface area contributed by atoms with Crippen molar-refractivity contribution < 1.29 is 9.53 Å². The van der Waals surface area contributed by atoms with Crippen molar-refractivity contribution in [2.75, 3.05) is 18.2 Å². The van der Waals surface area contributed by atoms with Gasteiger partial charge in [-0.2, -0.15) is 4.68 Å². The number of anilines is 2. The van der Waals surface area contributed by atoms with Crippen LogP contribution in [0, 0.1) is 13.8 Å². The number of carbonyl (C=O) groups excluding carboxylic acids is 1. The van der Waals surface area contributed by atoms with Gasteiger partial charge in [-0.05, 0) is 49.2 Å². The van der Waals surface area contributed by atoms with Crippen LogP contribution in [0.3, 0.4) is 0 Å². The van der Waals surface area contributed by atoms with Crippen LogP contribution in [-0.4, -0.2) is 28.0 Å². The Morgan fingerprint density at radius 3 is 2.65 bits per heavy atom. The van der Waals surface area contributed by atoms with Crippen LogP contribution in [0.5, 0.6) is 5.75 Å². The Bertz CT molecular complexity index is 984. The Labute approximate surface area is 155 Å². The maximum absolute atomic E-state index is 12.5. The highest BCUT2D eigenvalue weighted by Crippen LogP contribution is 2.28. The number of methoxy groups -OCH3 is 1. The molecule has 26 heavy (non-hydrogen) atoms. The molecule has 0 saturated carbocycles. The molecular formula is C18H18ClN5O2. The number of ether oxygens (including phenoxy) is 1. The van der Waals surface area contributed by atoms with Gasteiger partial charge in [-0.3, -0.25) is 4.79 Å². The second-order valence-corrected chi connectivity index (χ2v) is 6.21. The second kappa shape index (κ2) is 7.05. The Morgan fingerprint density at radius 2 is 1.96 bits per heavy atom. The predicted octanol–water partition coefficient (Wildman–Crippen LogP) is 3.38. The summed E-state index contributed by atoms with van der Waals surface area (Å²) in [5.74, 6) is 0.161. The molecule has 0 saturated heterocycles. The molecule has 0 fully saturated rings.